The molecule has 0 radical (unpaired) electrons. The molecule has 0 aliphatic heterocycles. The van der Waals surface area contributed by atoms with Crippen molar-refractivity contribution in [1.29, 1.82) is 0 Å². The van der Waals surface area contributed by atoms with Gasteiger partial charge < -0.3 is 9.47 Å². The Kier molecular flexibility index (Phi) is 6.06. The molecule has 0 amide bonds. The fourth-order valence-electron chi connectivity index (χ4n) is 2.49. The first kappa shape index (κ1) is 19.6. The average molecular weight is 403 g/mol. The molecule has 0 bridgehead atoms. The van der Waals surface area contributed by atoms with E-state index in [9.17, 15) is 14.0 Å². The third-order valence-corrected chi connectivity index (χ3v) is 4.34. The lowest BCUT2D eigenvalue weighted by Crippen LogP contribution is -2.14. The van der Waals surface area contributed by atoms with Gasteiger partial charge in [-0.1, -0.05) is 29.8 Å². The van der Waals surface area contributed by atoms with Gasteiger partial charge in [-0.2, -0.15) is 5.10 Å². The predicted octanol–water partition coefficient (Wildman–Crippen LogP) is 3.77. The zero-order valence-corrected chi connectivity index (χ0v) is 15.6. The number of carbonyl (C=O) groups excluding carboxylic acids is 2. The minimum atomic E-state index is -0.701. The fraction of sp³-hybridized carbons (Fsp3) is 0.150. The Bertz CT molecular complexity index is 1020. The number of carbonyl (C=O) groups is 2. The van der Waals surface area contributed by atoms with Crippen LogP contribution in [0.25, 0.3) is 0 Å². The number of hydrogen-bond acceptors (Lipinski definition) is 5. The highest BCUT2D eigenvalue weighted by Crippen LogP contribution is 2.18. The summed E-state index contributed by atoms with van der Waals surface area (Å²) in [7, 11) is 1.33. The summed E-state index contributed by atoms with van der Waals surface area (Å²) in [5.74, 6) is -1.87. The molecule has 0 spiro atoms. The number of methoxy groups -OCH3 is 1. The minimum Gasteiger partial charge on any atom is -0.494 e. The standard InChI is InChI=1S/C20H16ClFN2O4/c1-27-19-7-6-13(8-17(19)22)18(25)12-28-20(26)15-9-23-24(11-15)10-14-4-2-3-5-16(14)21/h2-9,11H,10,12H2,1H3. The molecular formula is C20H16ClFN2O4. The molecule has 0 saturated heterocycles. The number of esters is 1. The summed E-state index contributed by atoms with van der Waals surface area (Å²) in [4.78, 5) is 24.2. The van der Waals surface area contributed by atoms with Crippen LogP contribution in [0.15, 0.2) is 54.9 Å². The van der Waals surface area contributed by atoms with Crippen LogP contribution in [0.3, 0.4) is 0 Å². The maximum Gasteiger partial charge on any atom is 0.341 e. The van der Waals surface area contributed by atoms with Gasteiger partial charge >= 0.3 is 5.97 Å². The lowest BCUT2D eigenvalue weighted by atomic mass is 10.1. The molecule has 0 N–H and O–H groups in total. The number of halogens is 2. The second kappa shape index (κ2) is 8.67. The molecule has 0 aliphatic rings. The van der Waals surface area contributed by atoms with Gasteiger partial charge in [-0.25, -0.2) is 9.18 Å². The number of rotatable bonds is 7. The average Bonchev–Trinajstić information content (AvgIpc) is 3.16. The van der Waals surface area contributed by atoms with Gasteiger partial charge in [-0.15, -0.1) is 0 Å². The Balaban J connectivity index is 1.59. The van der Waals surface area contributed by atoms with Crippen molar-refractivity contribution in [3.8, 4) is 5.75 Å². The zero-order valence-electron chi connectivity index (χ0n) is 14.9. The van der Waals surface area contributed by atoms with Crippen molar-refractivity contribution in [2.75, 3.05) is 13.7 Å². The number of benzene rings is 2. The Hall–Kier alpha value is -3.19. The molecule has 2 aromatic carbocycles. The normalized spacial score (nSPS) is 10.5. The molecule has 0 atom stereocenters. The topological polar surface area (TPSA) is 70.4 Å². The summed E-state index contributed by atoms with van der Waals surface area (Å²) in [6, 6.07) is 11.1. The van der Waals surface area contributed by atoms with E-state index < -0.39 is 24.2 Å². The van der Waals surface area contributed by atoms with E-state index >= 15 is 0 Å². The number of ether oxygens (including phenoxy) is 2. The van der Waals surface area contributed by atoms with E-state index in [1.807, 2.05) is 18.2 Å². The van der Waals surface area contributed by atoms with Crippen LogP contribution in [0.5, 0.6) is 5.75 Å². The SMILES string of the molecule is COc1ccc(C(=O)COC(=O)c2cnn(Cc3ccccc3Cl)c2)cc1F. The third-order valence-electron chi connectivity index (χ3n) is 3.97. The first-order valence-electron chi connectivity index (χ1n) is 8.27. The molecule has 1 heterocycles. The lowest BCUT2D eigenvalue weighted by molar-refractivity contribution is 0.0474. The summed E-state index contributed by atoms with van der Waals surface area (Å²) in [6.45, 7) is -0.128. The molecule has 0 fully saturated rings. The quantitative estimate of drug-likeness (QED) is 0.444. The van der Waals surface area contributed by atoms with Crippen molar-refractivity contribution in [2.24, 2.45) is 0 Å². The summed E-state index contributed by atoms with van der Waals surface area (Å²) in [5, 5.41) is 4.70. The number of aromatic nitrogens is 2. The highest BCUT2D eigenvalue weighted by atomic mass is 35.5. The molecule has 3 rings (SSSR count). The Morgan fingerprint density at radius 2 is 1.96 bits per heavy atom. The minimum absolute atomic E-state index is 0.0273. The van der Waals surface area contributed by atoms with Gasteiger partial charge in [0.25, 0.3) is 0 Å². The van der Waals surface area contributed by atoms with E-state index in [-0.39, 0.29) is 16.9 Å². The Labute approximate surface area is 165 Å². The van der Waals surface area contributed by atoms with Crippen molar-refractivity contribution in [1.82, 2.24) is 9.78 Å². The number of Topliss-reactive ketones (excluding diaryl/α,β-unsaturated/α-hetero) is 1. The first-order chi connectivity index (χ1) is 13.5. The molecule has 0 unspecified atom stereocenters. The highest BCUT2D eigenvalue weighted by molar-refractivity contribution is 6.31. The first-order valence-corrected chi connectivity index (χ1v) is 8.65. The Morgan fingerprint density at radius 1 is 1.18 bits per heavy atom. The van der Waals surface area contributed by atoms with Crippen molar-refractivity contribution in [3.63, 3.8) is 0 Å². The smallest absolute Gasteiger partial charge is 0.341 e. The molecule has 8 heteroatoms. The largest absolute Gasteiger partial charge is 0.494 e. The second-order valence-electron chi connectivity index (χ2n) is 5.87. The van der Waals surface area contributed by atoms with Crippen LogP contribution in [0, 0.1) is 5.82 Å². The number of nitrogens with zero attached hydrogens (tertiary/aromatic N) is 2. The number of ketones is 1. The van der Waals surface area contributed by atoms with Crippen molar-refractivity contribution < 1.29 is 23.5 Å². The van der Waals surface area contributed by atoms with E-state index in [4.69, 9.17) is 21.1 Å². The monoisotopic (exact) mass is 402 g/mol. The van der Waals surface area contributed by atoms with Crippen molar-refractivity contribution >= 4 is 23.4 Å². The maximum absolute atomic E-state index is 13.7. The summed E-state index contributed by atoms with van der Waals surface area (Å²) >= 11 is 6.11. The molecular weight excluding hydrogens is 387 g/mol. The van der Waals surface area contributed by atoms with E-state index in [0.29, 0.717) is 11.6 Å². The summed E-state index contributed by atoms with van der Waals surface area (Å²) in [6.07, 6.45) is 2.85. The van der Waals surface area contributed by atoms with Crippen LogP contribution in [0.4, 0.5) is 4.39 Å². The fourth-order valence-corrected chi connectivity index (χ4v) is 2.69. The van der Waals surface area contributed by atoms with Crippen LogP contribution < -0.4 is 4.74 Å². The van der Waals surface area contributed by atoms with Gasteiger partial charge in [-0.3, -0.25) is 9.48 Å². The van der Waals surface area contributed by atoms with E-state index in [2.05, 4.69) is 5.10 Å². The third kappa shape index (κ3) is 4.55. The lowest BCUT2D eigenvalue weighted by Gasteiger charge is -2.06. The molecule has 6 nitrogen and oxygen atoms in total. The van der Waals surface area contributed by atoms with E-state index in [1.165, 1.54) is 31.6 Å². The van der Waals surface area contributed by atoms with Gasteiger partial charge in [0.2, 0.25) is 0 Å². The summed E-state index contributed by atoms with van der Waals surface area (Å²) in [5.41, 5.74) is 1.13. The zero-order chi connectivity index (χ0) is 20.1. The molecule has 1 aromatic heterocycles. The van der Waals surface area contributed by atoms with Crippen LogP contribution in [0.1, 0.15) is 26.3 Å². The van der Waals surface area contributed by atoms with Gasteiger partial charge in [0.15, 0.2) is 24.0 Å². The van der Waals surface area contributed by atoms with Crippen molar-refractivity contribution in [2.45, 2.75) is 6.54 Å². The predicted molar refractivity (Wildman–Crippen MR) is 100 cm³/mol. The van der Waals surface area contributed by atoms with Gasteiger partial charge in [0.1, 0.15) is 0 Å². The molecule has 144 valence electrons. The van der Waals surface area contributed by atoms with Gasteiger partial charge in [0.05, 0.1) is 25.4 Å². The van der Waals surface area contributed by atoms with Crippen LogP contribution in [-0.2, 0) is 11.3 Å². The highest BCUT2D eigenvalue weighted by Gasteiger charge is 2.15. The van der Waals surface area contributed by atoms with Crippen molar-refractivity contribution in [3.05, 3.63) is 82.4 Å². The maximum atomic E-state index is 13.7. The Morgan fingerprint density at radius 3 is 2.68 bits per heavy atom. The van der Waals surface area contributed by atoms with Crippen LogP contribution in [-0.4, -0.2) is 35.2 Å². The molecule has 28 heavy (non-hydrogen) atoms. The summed E-state index contributed by atoms with van der Waals surface area (Å²) < 4.78 is 25.0. The van der Waals surface area contributed by atoms with E-state index in [1.54, 1.807) is 10.7 Å². The van der Waals surface area contributed by atoms with Gasteiger partial charge in [-0.05, 0) is 29.8 Å². The number of hydrogen-bond donors (Lipinski definition) is 0. The molecule has 0 aliphatic carbocycles. The van der Waals surface area contributed by atoms with Crippen LogP contribution in [0.2, 0.25) is 5.02 Å². The van der Waals surface area contributed by atoms with Crippen LogP contribution >= 0.6 is 11.6 Å². The second-order valence-corrected chi connectivity index (χ2v) is 6.27. The molecule has 3 aromatic rings. The molecule has 0 saturated carbocycles. The van der Waals surface area contributed by atoms with E-state index in [0.717, 1.165) is 11.6 Å². The van der Waals surface area contributed by atoms with Gasteiger partial charge in [0, 0.05) is 16.8 Å².